The third kappa shape index (κ3) is 1.97. The fraction of sp³-hybridized carbons (Fsp3) is 0.105. The van der Waals surface area contributed by atoms with Crippen molar-refractivity contribution in [2.75, 3.05) is 0 Å². The summed E-state index contributed by atoms with van der Waals surface area (Å²) in [6, 6.07) is 13.4. The van der Waals surface area contributed by atoms with Gasteiger partial charge in [-0.05, 0) is 30.7 Å². The Morgan fingerprint density at radius 3 is 2.80 bits per heavy atom. The van der Waals surface area contributed by atoms with Crippen LogP contribution in [0.25, 0.3) is 26.7 Å². The second-order valence-electron chi connectivity index (χ2n) is 6.11. The van der Waals surface area contributed by atoms with Gasteiger partial charge in [-0.25, -0.2) is 4.98 Å². The number of aliphatic hydroxyl groups excluding tert-OH is 1. The summed E-state index contributed by atoms with van der Waals surface area (Å²) in [6.45, 7) is 2.26. The van der Waals surface area contributed by atoms with E-state index in [0.29, 0.717) is 28.3 Å². The minimum atomic E-state index is -0.279. The molecule has 0 aliphatic carbocycles. The number of nitrogens with zero attached hydrogens (tertiary/aromatic N) is 3. The molecule has 122 valence electrons. The first-order valence-electron chi connectivity index (χ1n) is 7.92. The van der Waals surface area contributed by atoms with Gasteiger partial charge in [0, 0.05) is 0 Å². The number of hydrogen-bond donors (Lipinski definition) is 1. The highest BCUT2D eigenvalue weighted by Gasteiger charge is 2.28. The summed E-state index contributed by atoms with van der Waals surface area (Å²) in [7, 11) is 0. The molecule has 1 N–H and O–H groups in total. The molecule has 0 radical (unpaired) electrons. The standard InChI is InChI=1S/C19H13N3O2S/c1-10-5-4-6-11-16(10)22-9-13(23)15(17(22)21-18(11)24)19-20-12-7-2-3-8-14(12)25-19/h2-8,23H,9H2,1H3. The maximum absolute atomic E-state index is 12.5. The van der Waals surface area contributed by atoms with Crippen LogP contribution >= 0.6 is 11.3 Å². The smallest absolute Gasteiger partial charge is 0.281 e. The van der Waals surface area contributed by atoms with Gasteiger partial charge in [0.05, 0.1) is 33.2 Å². The number of rotatable bonds is 1. The molecule has 2 aromatic heterocycles. The van der Waals surface area contributed by atoms with Crippen LogP contribution in [-0.4, -0.2) is 19.6 Å². The van der Waals surface area contributed by atoms with Gasteiger partial charge in [-0.1, -0.05) is 24.3 Å². The first-order valence-corrected chi connectivity index (χ1v) is 8.74. The van der Waals surface area contributed by atoms with Crippen molar-refractivity contribution in [2.45, 2.75) is 13.5 Å². The molecule has 0 saturated heterocycles. The number of fused-ring (bicyclic) bond motifs is 4. The topological polar surface area (TPSA) is 68.0 Å². The predicted molar refractivity (Wildman–Crippen MR) is 99.0 cm³/mol. The lowest BCUT2D eigenvalue weighted by molar-refractivity contribution is 0.389. The second kappa shape index (κ2) is 5.00. The second-order valence-corrected chi connectivity index (χ2v) is 7.14. The fourth-order valence-electron chi connectivity index (χ4n) is 3.41. The molecule has 1 aliphatic heterocycles. The SMILES string of the molecule is Cc1cccc2c(=O)nc3n(c12)CC(O)=C3c1nc2ccccc2s1. The molecule has 5 nitrogen and oxygen atoms in total. The van der Waals surface area contributed by atoms with E-state index in [-0.39, 0.29) is 11.3 Å². The number of thiazole rings is 1. The largest absolute Gasteiger partial charge is 0.510 e. The van der Waals surface area contributed by atoms with Crippen molar-refractivity contribution in [3.8, 4) is 0 Å². The van der Waals surface area contributed by atoms with E-state index in [1.807, 2.05) is 47.9 Å². The molecule has 2 aromatic carbocycles. The monoisotopic (exact) mass is 347 g/mol. The van der Waals surface area contributed by atoms with E-state index in [2.05, 4.69) is 9.97 Å². The first kappa shape index (κ1) is 14.4. The van der Waals surface area contributed by atoms with Gasteiger partial charge in [0.15, 0.2) is 5.82 Å². The fourth-order valence-corrected chi connectivity index (χ4v) is 4.44. The Labute approximate surface area is 146 Å². The zero-order valence-corrected chi connectivity index (χ0v) is 14.2. The minimum absolute atomic E-state index is 0.196. The Bertz CT molecular complexity index is 1230. The first-order chi connectivity index (χ1) is 12.1. The zero-order chi connectivity index (χ0) is 17.1. The summed E-state index contributed by atoms with van der Waals surface area (Å²) in [5.74, 6) is 0.685. The van der Waals surface area contributed by atoms with E-state index in [0.717, 1.165) is 21.3 Å². The van der Waals surface area contributed by atoms with Crippen LogP contribution in [0.4, 0.5) is 0 Å². The number of aliphatic hydroxyl groups is 1. The number of aromatic nitrogens is 3. The van der Waals surface area contributed by atoms with Crippen LogP contribution in [-0.2, 0) is 6.54 Å². The molecular formula is C19H13N3O2S. The summed E-state index contributed by atoms with van der Waals surface area (Å²) in [6.07, 6.45) is 0. The summed E-state index contributed by atoms with van der Waals surface area (Å²) in [5, 5.41) is 11.9. The van der Waals surface area contributed by atoms with Crippen LogP contribution < -0.4 is 5.56 Å². The average Bonchev–Trinajstić information content (AvgIpc) is 3.15. The third-order valence-electron chi connectivity index (χ3n) is 4.53. The number of para-hydroxylation sites is 2. The Kier molecular flexibility index (Phi) is 2.87. The number of benzene rings is 2. The molecule has 0 spiro atoms. The number of allylic oxidation sites excluding steroid dienone is 1. The van der Waals surface area contributed by atoms with Crippen LogP contribution in [0.1, 0.15) is 16.4 Å². The van der Waals surface area contributed by atoms with Crippen molar-refractivity contribution in [2.24, 2.45) is 0 Å². The van der Waals surface area contributed by atoms with Gasteiger partial charge in [0.2, 0.25) is 0 Å². The lowest BCUT2D eigenvalue weighted by Gasteiger charge is -2.11. The molecule has 5 rings (SSSR count). The van der Waals surface area contributed by atoms with Crippen LogP contribution in [0.2, 0.25) is 0 Å². The summed E-state index contributed by atoms with van der Waals surface area (Å²) >= 11 is 1.49. The van der Waals surface area contributed by atoms with Gasteiger partial charge < -0.3 is 9.67 Å². The lowest BCUT2D eigenvalue weighted by atomic mass is 10.1. The highest BCUT2D eigenvalue weighted by molar-refractivity contribution is 7.19. The zero-order valence-electron chi connectivity index (χ0n) is 13.4. The van der Waals surface area contributed by atoms with Gasteiger partial charge in [-0.2, -0.15) is 4.98 Å². The lowest BCUT2D eigenvalue weighted by Crippen LogP contribution is -2.16. The van der Waals surface area contributed by atoms with Crippen LogP contribution in [0.3, 0.4) is 0 Å². The van der Waals surface area contributed by atoms with Gasteiger partial charge >= 0.3 is 0 Å². The molecule has 0 amide bonds. The van der Waals surface area contributed by atoms with E-state index in [9.17, 15) is 9.90 Å². The maximum atomic E-state index is 12.5. The molecule has 6 heteroatoms. The Balaban J connectivity index is 1.82. The molecule has 0 bridgehead atoms. The highest BCUT2D eigenvalue weighted by atomic mass is 32.1. The van der Waals surface area contributed by atoms with Gasteiger partial charge in [0.1, 0.15) is 10.8 Å². The van der Waals surface area contributed by atoms with Gasteiger partial charge in [-0.3, -0.25) is 4.79 Å². The van der Waals surface area contributed by atoms with E-state index < -0.39 is 0 Å². The Morgan fingerprint density at radius 1 is 1.12 bits per heavy atom. The molecule has 0 atom stereocenters. The van der Waals surface area contributed by atoms with Crippen LogP contribution in [0.5, 0.6) is 0 Å². The van der Waals surface area contributed by atoms with Gasteiger partial charge in [-0.15, -0.1) is 11.3 Å². The third-order valence-corrected chi connectivity index (χ3v) is 5.58. The molecule has 3 heterocycles. The van der Waals surface area contributed by atoms with Crippen molar-refractivity contribution in [1.82, 2.24) is 14.5 Å². The molecule has 0 unspecified atom stereocenters. The van der Waals surface area contributed by atoms with Crippen molar-refractivity contribution in [1.29, 1.82) is 0 Å². The Hall–Kier alpha value is -2.99. The van der Waals surface area contributed by atoms with E-state index >= 15 is 0 Å². The van der Waals surface area contributed by atoms with E-state index in [4.69, 9.17) is 0 Å². The molecule has 4 aromatic rings. The number of hydrogen-bond acceptors (Lipinski definition) is 5. The Morgan fingerprint density at radius 2 is 1.96 bits per heavy atom. The molecular weight excluding hydrogens is 334 g/mol. The quantitative estimate of drug-likeness (QED) is 0.571. The normalized spacial score (nSPS) is 13.8. The van der Waals surface area contributed by atoms with E-state index in [1.165, 1.54) is 11.3 Å². The van der Waals surface area contributed by atoms with Crippen LogP contribution in [0.15, 0.2) is 53.0 Å². The molecule has 0 saturated carbocycles. The van der Waals surface area contributed by atoms with Crippen molar-refractivity contribution in [3.05, 3.63) is 75.0 Å². The minimum Gasteiger partial charge on any atom is -0.510 e. The van der Waals surface area contributed by atoms with Crippen molar-refractivity contribution in [3.63, 3.8) is 0 Å². The molecule has 25 heavy (non-hydrogen) atoms. The number of aryl methyl sites for hydroxylation is 1. The van der Waals surface area contributed by atoms with Gasteiger partial charge in [0.25, 0.3) is 5.56 Å². The molecule has 0 fully saturated rings. The van der Waals surface area contributed by atoms with Crippen LogP contribution in [0, 0.1) is 6.92 Å². The van der Waals surface area contributed by atoms with Crippen molar-refractivity contribution < 1.29 is 5.11 Å². The predicted octanol–water partition coefficient (Wildman–Crippen LogP) is 3.65. The highest BCUT2D eigenvalue weighted by Crippen LogP contribution is 2.36. The molecule has 1 aliphatic rings. The average molecular weight is 347 g/mol. The summed E-state index contributed by atoms with van der Waals surface area (Å²) in [4.78, 5) is 21.4. The van der Waals surface area contributed by atoms with Crippen molar-refractivity contribution >= 4 is 38.0 Å². The summed E-state index contributed by atoms with van der Waals surface area (Å²) < 4.78 is 2.94. The van der Waals surface area contributed by atoms with E-state index in [1.54, 1.807) is 6.07 Å². The maximum Gasteiger partial charge on any atom is 0.281 e. The summed E-state index contributed by atoms with van der Waals surface area (Å²) in [5.41, 5.74) is 2.96.